The van der Waals surface area contributed by atoms with Gasteiger partial charge in [-0.3, -0.25) is 4.21 Å². The second-order valence-corrected chi connectivity index (χ2v) is 5.77. The Labute approximate surface area is 102 Å². The van der Waals surface area contributed by atoms with E-state index >= 15 is 0 Å². The molecule has 0 amide bonds. The van der Waals surface area contributed by atoms with E-state index in [1.165, 1.54) is 0 Å². The maximum atomic E-state index is 12.0. The number of hydrogen-bond acceptors (Lipinski definition) is 2. The SMILES string of the molecule is CCC(CS(=O)c1cccc(Br)c1)NC. The van der Waals surface area contributed by atoms with E-state index in [-0.39, 0.29) is 0 Å². The van der Waals surface area contributed by atoms with Crippen molar-refractivity contribution in [2.75, 3.05) is 12.8 Å². The van der Waals surface area contributed by atoms with Crippen LogP contribution in [0.15, 0.2) is 33.6 Å². The van der Waals surface area contributed by atoms with Crippen molar-refractivity contribution in [1.82, 2.24) is 5.32 Å². The smallest absolute Gasteiger partial charge is 0.0545 e. The van der Waals surface area contributed by atoms with Crippen molar-refractivity contribution in [3.63, 3.8) is 0 Å². The first-order valence-electron chi connectivity index (χ1n) is 4.98. The molecule has 1 N–H and O–H groups in total. The van der Waals surface area contributed by atoms with Crippen LogP contribution in [0, 0.1) is 0 Å². The Morgan fingerprint density at radius 3 is 2.80 bits per heavy atom. The number of rotatable bonds is 5. The van der Waals surface area contributed by atoms with Crippen molar-refractivity contribution in [1.29, 1.82) is 0 Å². The predicted molar refractivity (Wildman–Crippen MR) is 68.6 cm³/mol. The molecular weight excluding hydrogens is 274 g/mol. The Bertz CT molecular complexity index is 339. The zero-order valence-corrected chi connectivity index (χ0v) is 11.4. The highest BCUT2D eigenvalue weighted by Crippen LogP contribution is 2.15. The molecule has 1 aromatic carbocycles. The topological polar surface area (TPSA) is 29.1 Å². The van der Waals surface area contributed by atoms with Gasteiger partial charge in [0.15, 0.2) is 0 Å². The Hall–Kier alpha value is -0.190. The molecule has 4 heteroatoms. The summed E-state index contributed by atoms with van der Waals surface area (Å²) in [5, 5.41) is 3.16. The number of benzene rings is 1. The Morgan fingerprint density at radius 1 is 1.53 bits per heavy atom. The molecule has 84 valence electrons. The fraction of sp³-hybridized carbons (Fsp3) is 0.455. The first-order valence-corrected chi connectivity index (χ1v) is 7.09. The van der Waals surface area contributed by atoms with Crippen molar-refractivity contribution in [3.05, 3.63) is 28.7 Å². The molecule has 0 aliphatic rings. The van der Waals surface area contributed by atoms with Gasteiger partial charge in [0.05, 0.1) is 10.8 Å². The highest BCUT2D eigenvalue weighted by Gasteiger charge is 2.10. The van der Waals surface area contributed by atoms with Crippen molar-refractivity contribution in [3.8, 4) is 0 Å². The van der Waals surface area contributed by atoms with Gasteiger partial charge in [-0.2, -0.15) is 0 Å². The van der Waals surface area contributed by atoms with Crippen LogP contribution in [0.4, 0.5) is 0 Å². The molecule has 0 bridgehead atoms. The van der Waals surface area contributed by atoms with E-state index in [1.54, 1.807) is 0 Å². The molecular formula is C11H16BrNOS. The average molecular weight is 290 g/mol. The normalized spacial score (nSPS) is 14.9. The average Bonchev–Trinajstić information content (AvgIpc) is 2.25. The third-order valence-electron chi connectivity index (χ3n) is 2.31. The summed E-state index contributed by atoms with van der Waals surface area (Å²) in [7, 11) is 0.993. The lowest BCUT2D eigenvalue weighted by molar-refractivity contribution is 0.590. The lowest BCUT2D eigenvalue weighted by atomic mass is 10.3. The van der Waals surface area contributed by atoms with E-state index in [2.05, 4.69) is 28.2 Å². The molecule has 0 aromatic heterocycles. The van der Waals surface area contributed by atoms with E-state index in [4.69, 9.17) is 0 Å². The first-order chi connectivity index (χ1) is 7.17. The van der Waals surface area contributed by atoms with Crippen LogP contribution < -0.4 is 5.32 Å². The summed E-state index contributed by atoms with van der Waals surface area (Å²) < 4.78 is 13.0. The molecule has 0 spiro atoms. The van der Waals surface area contributed by atoms with Gasteiger partial charge in [0.2, 0.25) is 0 Å². The fourth-order valence-corrected chi connectivity index (χ4v) is 3.29. The van der Waals surface area contributed by atoms with Crippen LogP contribution in [-0.2, 0) is 10.8 Å². The molecule has 1 rings (SSSR count). The van der Waals surface area contributed by atoms with Gasteiger partial charge in [-0.05, 0) is 31.7 Å². The lowest BCUT2D eigenvalue weighted by Gasteiger charge is -2.13. The van der Waals surface area contributed by atoms with Gasteiger partial charge in [0, 0.05) is 21.2 Å². The fourth-order valence-electron chi connectivity index (χ4n) is 1.29. The Kier molecular flexibility index (Phi) is 5.50. The second-order valence-electron chi connectivity index (χ2n) is 3.36. The summed E-state index contributed by atoms with van der Waals surface area (Å²) in [6.45, 7) is 2.10. The molecule has 15 heavy (non-hydrogen) atoms. The number of nitrogens with one attached hydrogen (secondary N) is 1. The van der Waals surface area contributed by atoms with Crippen LogP contribution in [-0.4, -0.2) is 23.1 Å². The summed E-state index contributed by atoms with van der Waals surface area (Å²) in [5.41, 5.74) is 0. The van der Waals surface area contributed by atoms with Gasteiger partial charge in [-0.1, -0.05) is 28.9 Å². The van der Waals surface area contributed by atoms with E-state index in [1.807, 2.05) is 31.3 Å². The lowest BCUT2D eigenvalue weighted by Crippen LogP contribution is -2.30. The molecule has 2 atom stereocenters. The molecule has 0 aliphatic heterocycles. The monoisotopic (exact) mass is 289 g/mol. The quantitative estimate of drug-likeness (QED) is 0.903. The Morgan fingerprint density at radius 2 is 2.27 bits per heavy atom. The highest BCUT2D eigenvalue weighted by atomic mass is 79.9. The molecule has 1 aromatic rings. The zero-order chi connectivity index (χ0) is 11.3. The van der Waals surface area contributed by atoms with Gasteiger partial charge < -0.3 is 5.32 Å². The van der Waals surface area contributed by atoms with Crippen molar-refractivity contribution >= 4 is 26.7 Å². The molecule has 0 saturated heterocycles. The molecule has 0 heterocycles. The second kappa shape index (κ2) is 6.40. The maximum absolute atomic E-state index is 12.0. The molecule has 0 fully saturated rings. The summed E-state index contributed by atoms with van der Waals surface area (Å²) in [4.78, 5) is 0.887. The van der Waals surface area contributed by atoms with Crippen molar-refractivity contribution in [2.24, 2.45) is 0 Å². The van der Waals surface area contributed by atoms with Gasteiger partial charge in [-0.15, -0.1) is 0 Å². The Balaban J connectivity index is 2.68. The van der Waals surface area contributed by atoms with Crippen molar-refractivity contribution < 1.29 is 4.21 Å². The van der Waals surface area contributed by atoms with Gasteiger partial charge in [0.25, 0.3) is 0 Å². The third-order valence-corrected chi connectivity index (χ3v) is 4.29. The zero-order valence-electron chi connectivity index (χ0n) is 9.00. The third kappa shape index (κ3) is 4.05. The summed E-state index contributed by atoms with van der Waals surface area (Å²) in [6, 6.07) is 8.00. The first kappa shape index (κ1) is 12.9. The minimum Gasteiger partial charge on any atom is -0.316 e. The largest absolute Gasteiger partial charge is 0.316 e. The van der Waals surface area contributed by atoms with Crippen LogP contribution in [0.25, 0.3) is 0 Å². The number of hydrogen-bond donors (Lipinski definition) is 1. The van der Waals surface area contributed by atoms with E-state index in [0.717, 1.165) is 15.8 Å². The molecule has 2 nitrogen and oxygen atoms in total. The highest BCUT2D eigenvalue weighted by molar-refractivity contribution is 9.10. The van der Waals surface area contributed by atoms with E-state index in [0.29, 0.717) is 11.8 Å². The van der Waals surface area contributed by atoms with Crippen LogP contribution in [0.1, 0.15) is 13.3 Å². The van der Waals surface area contributed by atoms with E-state index < -0.39 is 10.8 Å². The minimum atomic E-state index is -0.916. The molecule has 0 aliphatic carbocycles. The molecule has 0 saturated carbocycles. The van der Waals surface area contributed by atoms with Crippen LogP contribution in [0.2, 0.25) is 0 Å². The molecule has 0 radical (unpaired) electrons. The van der Waals surface area contributed by atoms with Crippen LogP contribution >= 0.6 is 15.9 Å². The minimum absolute atomic E-state index is 0.324. The van der Waals surface area contributed by atoms with Gasteiger partial charge in [-0.25, -0.2) is 0 Å². The standard InChI is InChI=1S/C11H16BrNOS/c1-3-10(13-2)8-15(14)11-6-4-5-9(12)7-11/h4-7,10,13H,3,8H2,1-2H3. The van der Waals surface area contributed by atoms with Gasteiger partial charge in [0.1, 0.15) is 0 Å². The predicted octanol–water partition coefficient (Wildman–Crippen LogP) is 2.55. The summed E-state index contributed by atoms with van der Waals surface area (Å²) in [5.74, 6) is 0.670. The molecule has 2 unspecified atom stereocenters. The summed E-state index contributed by atoms with van der Waals surface area (Å²) in [6.07, 6.45) is 0.996. The van der Waals surface area contributed by atoms with Crippen molar-refractivity contribution in [2.45, 2.75) is 24.3 Å². The van der Waals surface area contributed by atoms with E-state index in [9.17, 15) is 4.21 Å². The van der Waals surface area contributed by atoms with Crippen LogP contribution in [0.3, 0.4) is 0 Å². The van der Waals surface area contributed by atoms with Crippen LogP contribution in [0.5, 0.6) is 0 Å². The number of halogens is 1. The summed E-state index contributed by atoms with van der Waals surface area (Å²) >= 11 is 3.38. The van der Waals surface area contributed by atoms with Gasteiger partial charge >= 0.3 is 0 Å². The maximum Gasteiger partial charge on any atom is 0.0545 e.